The van der Waals surface area contributed by atoms with Gasteiger partial charge in [0.1, 0.15) is 0 Å². The Morgan fingerprint density at radius 2 is 2.00 bits per heavy atom. The third kappa shape index (κ3) is 4.56. The molecule has 0 unspecified atom stereocenters. The summed E-state index contributed by atoms with van der Waals surface area (Å²) in [5, 5.41) is 14.0. The summed E-state index contributed by atoms with van der Waals surface area (Å²) in [5.41, 5.74) is 0.530. The highest BCUT2D eigenvalue weighted by atomic mass is 35.5. The summed E-state index contributed by atoms with van der Waals surface area (Å²) in [5.74, 6) is -2.25. The first-order valence-electron chi connectivity index (χ1n) is 6.21. The van der Waals surface area contributed by atoms with E-state index in [1.165, 1.54) is 0 Å². The topological polar surface area (TPSA) is 69.2 Å². The molecule has 1 amide bonds. The SMILES string of the molecule is CC[C@H](C(=O)[O-])[C@@H](C)CC(=O)Nc1ccccc1Cl. The molecule has 0 aliphatic rings. The monoisotopic (exact) mass is 282 g/mol. The Labute approximate surface area is 117 Å². The average Bonchev–Trinajstić information content (AvgIpc) is 2.32. The largest absolute Gasteiger partial charge is 0.550 e. The zero-order chi connectivity index (χ0) is 14.4. The van der Waals surface area contributed by atoms with Gasteiger partial charge in [-0.25, -0.2) is 0 Å². The first kappa shape index (κ1) is 15.5. The summed E-state index contributed by atoms with van der Waals surface area (Å²) >= 11 is 5.93. The molecule has 1 rings (SSSR count). The molecule has 0 bridgehead atoms. The lowest BCUT2D eigenvalue weighted by atomic mass is 9.89. The predicted octanol–water partition coefficient (Wildman–Crippen LogP) is 2.08. The van der Waals surface area contributed by atoms with Gasteiger partial charge in [0.15, 0.2) is 0 Å². The number of carboxylic acid groups (broad SMARTS) is 1. The van der Waals surface area contributed by atoms with Crippen molar-refractivity contribution in [3.05, 3.63) is 29.3 Å². The second-order valence-corrected chi connectivity index (χ2v) is 4.95. The predicted molar refractivity (Wildman–Crippen MR) is 72.7 cm³/mol. The lowest BCUT2D eigenvalue weighted by Crippen LogP contribution is -2.36. The van der Waals surface area contributed by atoms with Crippen molar-refractivity contribution in [3.63, 3.8) is 0 Å². The molecule has 1 N–H and O–H groups in total. The van der Waals surface area contributed by atoms with E-state index in [1.807, 2.05) is 0 Å². The minimum Gasteiger partial charge on any atom is -0.550 e. The van der Waals surface area contributed by atoms with Crippen LogP contribution in [0.25, 0.3) is 0 Å². The van der Waals surface area contributed by atoms with Gasteiger partial charge in [-0.1, -0.05) is 37.6 Å². The van der Waals surface area contributed by atoms with Crippen molar-refractivity contribution < 1.29 is 14.7 Å². The molecular weight excluding hydrogens is 266 g/mol. The van der Waals surface area contributed by atoms with E-state index in [1.54, 1.807) is 38.1 Å². The van der Waals surface area contributed by atoms with Crippen LogP contribution in [0.5, 0.6) is 0 Å². The summed E-state index contributed by atoms with van der Waals surface area (Å²) in [6, 6.07) is 6.91. The standard InChI is InChI=1S/C14H18ClNO3/c1-3-10(14(18)19)9(2)8-13(17)16-12-7-5-4-6-11(12)15/h4-7,9-10H,3,8H2,1-2H3,(H,16,17)(H,18,19)/p-1/t9-,10-/m0/s1. The zero-order valence-electron chi connectivity index (χ0n) is 11.0. The fourth-order valence-electron chi connectivity index (χ4n) is 2.00. The second-order valence-electron chi connectivity index (χ2n) is 4.54. The van der Waals surface area contributed by atoms with Crippen molar-refractivity contribution in [1.29, 1.82) is 0 Å². The van der Waals surface area contributed by atoms with E-state index in [0.29, 0.717) is 17.1 Å². The van der Waals surface area contributed by atoms with E-state index in [9.17, 15) is 14.7 Å². The summed E-state index contributed by atoms with van der Waals surface area (Å²) in [6.07, 6.45) is 0.570. The van der Waals surface area contributed by atoms with Crippen LogP contribution in [0.3, 0.4) is 0 Å². The number of amides is 1. The van der Waals surface area contributed by atoms with Gasteiger partial charge < -0.3 is 15.2 Å². The van der Waals surface area contributed by atoms with Crippen LogP contribution in [-0.2, 0) is 9.59 Å². The molecule has 0 radical (unpaired) electrons. The Kier molecular flexibility index (Phi) is 5.83. The smallest absolute Gasteiger partial charge is 0.224 e. The molecule has 104 valence electrons. The Balaban J connectivity index is 2.61. The van der Waals surface area contributed by atoms with Crippen LogP contribution in [0.1, 0.15) is 26.7 Å². The van der Waals surface area contributed by atoms with Crippen LogP contribution >= 0.6 is 11.6 Å². The maximum atomic E-state index is 11.8. The number of aliphatic carboxylic acids is 1. The number of para-hydroxylation sites is 1. The number of carboxylic acids is 1. The number of hydrogen-bond donors (Lipinski definition) is 1. The summed E-state index contributed by atoms with van der Waals surface area (Å²) in [7, 11) is 0. The van der Waals surface area contributed by atoms with Crippen molar-refractivity contribution in [1.82, 2.24) is 0 Å². The first-order chi connectivity index (χ1) is 8.95. The van der Waals surface area contributed by atoms with Crippen LogP contribution < -0.4 is 10.4 Å². The number of carbonyl (C=O) groups is 2. The van der Waals surface area contributed by atoms with Gasteiger partial charge in [-0.3, -0.25) is 4.79 Å². The van der Waals surface area contributed by atoms with E-state index < -0.39 is 11.9 Å². The van der Waals surface area contributed by atoms with Crippen molar-refractivity contribution in [2.45, 2.75) is 26.7 Å². The molecule has 0 aliphatic heterocycles. The lowest BCUT2D eigenvalue weighted by Gasteiger charge is -2.23. The fourth-order valence-corrected chi connectivity index (χ4v) is 2.18. The highest BCUT2D eigenvalue weighted by molar-refractivity contribution is 6.33. The Hall–Kier alpha value is -1.55. The summed E-state index contributed by atoms with van der Waals surface area (Å²) < 4.78 is 0. The van der Waals surface area contributed by atoms with Gasteiger partial charge in [0.25, 0.3) is 0 Å². The number of hydrogen-bond acceptors (Lipinski definition) is 3. The molecule has 5 heteroatoms. The van der Waals surface area contributed by atoms with Crippen LogP contribution in [-0.4, -0.2) is 11.9 Å². The van der Waals surface area contributed by atoms with Gasteiger partial charge in [-0.15, -0.1) is 0 Å². The maximum absolute atomic E-state index is 11.8. The van der Waals surface area contributed by atoms with Gasteiger partial charge in [0, 0.05) is 18.3 Å². The molecule has 0 heterocycles. The number of nitrogens with one attached hydrogen (secondary N) is 1. The Morgan fingerprint density at radius 1 is 1.37 bits per heavy atom. The van der Waals surface area contributed by atoms with E-state index >= 15 is 0 Å². The van der Waals surface area contributed by atoms with Crippen LogP contribution in [0.4, 0.5) is 5.69 Å². The lowest BCUT2D eigenvalue weighted by molar-refractivity contribution is -0.313. The van der Waals surface area contributed by atoms with Gasteiger partial charge in [0.2, 0.25) is 5.91 Å². The molecule has 0 spiro atoms. The molecule has 19 heavy (non-hydrogen) atoms. The van der Waals surface area contributed by atoms with Crippen LogP contribution in [0.2, 0.25) is 5.02 Å². The van der Waals surface area contributed by atoms with E-state index in [-0.39, 0.29) is 18.2 Å². The highest BCUT2D eigenvalue weighted by Gasteiger charge is 2.20. The average molecular weight is 283 g/mol. The number of anilines is 1. The van der Waals surface area contributed by atoms with Crippen LogP contribution in [0.15, 0.2) is 24.3 Å². The van der Waals surface area contributed by atoms with Crippen molar-refractivity contribution >= 4 is 29.2 Å². The van der Waals surface area contributed by atoms with Gasteiger partial charge >= 0.3 is 0 Å². The molecule has 0 aliphatic carbocycles. The third-order valence-electron chi connectivity index (χ3n) is 3.08. The molecule has 0 saturated carbocycles. The zero-order valence-corrected chi connectivity index (χ0v) is 11.7. The molecule has 2 atom stereocenters. The quantitative estimate of drug-likeness (QED) is 0.868. The highest BCUT2D eigenvalue weighted by Crippen LogP contribution is 2.23. The third-order valence-corrected chi connectivity index (χ3v) is 3.41. The first-order valence-corrected chi connectivity index (χ1v) is 6.58. The molecule has 0 saturated heterocycles. The summed E-state index contributed by atoms with van der Waals surface area (Å²) in [4.78, 5) is 22.7. The number of benzene rings is 1. The number of carbonyl (C=O) groups excluding carboxylic acids is 2. The van der Waals surface area contributed by atoms with Crippen LogP contribution in [0, 0.1) is 11.8 Å². The number of halogens is 1. The van der Waals surface area contributed by atoms with Gasteiger partial charge in [-0.05, 0) is 24.5 Å². The second kappa shape index (κ2) is 7.14. The van der Waals surface area contributed by atoms with E-state index in [0.717, 1.165) is 0 Å². The van der Waals surface area contributed by atoms with Crippen molar-refractivity contribution in [3.8, 4) is 0 Å². The normalized spacial score (nSPS) is 13.6. The Morgan fingerprint density at radius 3 is 2.53 bits per heavy atom. The Bertz CT molecular complexity index is 462. The molecule has 4 nitrogen and oxygen atoms in total. The summed E-state index contributed by atoms with van der Waals surface area (Å²) in [6.45, 7) is 3.50. The minimum absolute atomic E-state index is 0.123. The van der Waals surface area contributed by atoms with Gasteiger partial charge in [0.05, 0.1) is 10.7 Å². The molecule has 0 fully saturated rings. The maximum Gasteiger partial charge on any atom is 0.224 e. The molecular formula is C14H17ClNO3-. The van der Waals surface area contributed by atoms with E-state index in [4.69, 9.17) is 11.6 Å². The minimum atomic E-state index is -1.11. The van der Waals surface area contributed by atoms with Crippen molar-refractivity contribution in [2.24, 2.45) is 11.8 Å². The fraction of sp³-hybridized carbons (Fsp3) is 0.429. The van der Waals surface area contributed by atoms with E-state index in [2.05, 4.69) is 5.32 Å². The van der Waals surface area contributed by atoms with Gasteiger partial charge in [-0.2, -0.15) is 0 Å². The molecule has 1 aromatic carbocycles. The van der Waals surface area contributed by atoms with Crippen molar-refractivity contribution in [2.75, 3.05) is 5.32 Å². The molecule has 0 aromatic heterocycles. The molecule has 1 aromatic rings. The number of rotatable bonds is 6.